The topological polar surface area (TPSA) is 29.5 Å². The Morgan fingerprint density at radius 2 is 2.24 bits per heavy atom. The molecule has 0 aliphatic carbocycles. The van der Waals surface area contributed by atoms with Gasteiger partial charge in [-0.1, -0.05) is 44.0 Å². The number of hydrogen-bond acceptors (Lipinski definition) is 2. The summed E-state index contributed by atoms with van der Waals surface area (Å²) in [6.45, 7) is 2.93. The molecule has 2 unspecified atom stereocenters. The van der Waals surface area contributed by atoms with Gasteiger partial charge in [-0.2, -0.15) is 0 Å². The van der Waals surface area contributed by atoms with Crippen molar-refractivity contribution in [1.82, 2.24) is 0 Å². The van der Waals surface area contributed by atoms with E-state index in [9.17, 15) is 5.11 Å². The van der Waals surface area contributed by atoms with Gasteiger partial charge in [0.05, 0.1) is 18.8 Å². The molecule has 0 radical (unpaired) electrons. The molecule has 0 spiro atoms. The largest absolute Gasteiger partial charge is 0.393 e. The molecule has 1 aliphatic rings. The SMILES string of the molecule is CCCCC(O)CC1OCCc2ccccc21. The molecule has 2 rings (SSSR count). The van der Waals surface area contributed by atoms with Gasteiger partial charge in [0.15, 0.2) is 0 Å². The lowest BCUT2D eigenvalue weighted by atomic mass is 9.93. The average Bonchev–Trinajstić information content (AvgIpc) is 2.37. The molecule has 0 aromatic heterocycles. The maximum atomic E-state index is 9.98. The van der Waals surface area contributed by atoms with Crippen LogP contribution in [-0.4, -0.2) is 17.8 Å². The summed E-state index contributed by atoms with van der Waals surface area (Å²) in [6.07, 6.45) is 4.71. The van der Waals surface area contributed by atoms with E-state index in [-0.39, 0.29) is 12.2 Å². The molecule has 0 amide bonds. The summed E-state index contributed by atoms with van der Waals surface area (Å²) in [4.78, 5) is 0. The predicted octanol–water partition coefficient (Wildman–Crippen LogP) is 3.24. The quantitative estimate of drug-likeness (QED) is 0.847. The minimum Gasteiger partial charge on any atom is -0.393 e. The van der Waals surface area contributed by atoms with Crippen LogP contribution in [0, 0.1) is 0 Å². The number of aliphatic hydroxyl groups excluding tert-OH is 1. The first-order valence-electron chi connectivity index (χ1n) is 6.68. The van der Waals surface area contributed by atoms with Gasteiger partial charge in [0, 0.05) is 6.42 Å². The molecule has 1 N–H and O–H groups in total. The summed E-state index contributed by atoms with van der Waals surface area (Å²) in [5.41, 5.74) is 2.65. The van der Waals surface area contributed by atoms with Gasteiger partial charge < -0.3 is 9.84 Å². The molecule has 17 heavy (non-hydrogen) atoms. The minimum atomic E-state index is -0.230. The highest BCUT2D eigenvalue weighted by molar-refractivity contribution is 5.30. The van der Waals surface area contributed by atoms with E-state index in [0.717, 1.165) is 38.7 Å². The second-order valence-corrected chi connectivity index (χ2v) is 4.84. The number of fused-ring (bicyclic) bond motifs is 1. The lowest BCUT2D eigenvalue weighted by molar-refractivity contribution is 0.00210. The molecule has 0 saturated carbocycles. The fraction of sp³-hybridized carbons (Fsp3) is 0.600. The van der Waals surface area contributed by atoms with E-state index in [0.29, 0.717) is 0 Å². The van der Waals surface area contributed by atoms with Gasteiger partial charge in [0.1, 0.15) is 0 Å². The van der Waals surface area contributed by atoms with Crippen molar-refractivity contribution in [3.8, 4) is 0 Å². The third kappa shape index (κ3) is 3.30. The van der Waals surface area contributed by atoms with Crippen molar-refractivity contribution < 1.29 is 9.84 Å². The molecule has 1 aromatic rings. The highest BCUT2D eigenvalue weighted by atomic mass is 16.5. The van der Waals surface area contributed by atoms with Gasteiger partial charge in [-0.25, -0.2) is 0 Å². The molecule has 1 aromatic carbocycles. The summed E-state index contributed by atoms with van der Waals surface area (Å²) in [5.74, 6) is 0. The third-order valence-corrected chi connectivity index (χ3v) is 3.47. The zero-order valence-corrected chi connectivity index (χ0v) is 10.6. The van der Waals surface area contributed by atoms with Crippen LogP contribution >= 0.6 is 0 Å². The Kier molecular flexibility index (Phi) is 4.57. The highest BCUT2D eigenvalue weighted by Gasteiger charge is 2.22. The summed E-state index contributed by atoms with van der Waals surface area (Å²) in [6, 6.07) is 8.43. The zero-order valence-electron chi connectivity index (χ0n) is 10.6. The normalized spacial score (nSPS) is 20.9. The maximum Gasteiger partial charge on any atom is 0.0852 e. The summed E-state index contributed by atoms with van der Waals surface area (Å²) >= 11 is 0. The van der Waals surface area contributed by atoms with Crippen LogP contribution < -0.4 is 0 Å². The van der Waals surface area contributed by atoms with E-state index in [1.165, 1.54) is 11.1 Å². The van der Waals surface area contributed by atoms with Crippen LogP contribution in [0.3, 0.4) is 0 Å². The van der Waals surface area contributed by atoms with Gasteiger partial charge in [-0.3, -0.25) is 0 Å². The Labute approximate surface area is 104 Å². The van der Waals surface area contributed by atoms with Crippen molar-refractivity contribution in [2.75, 3.05) is 6.61 Å². The molecule has 2 nitrogen and oxygen atoms in total. The Morgan fingerprint density at radius 1 is 1.41 bits per heavy atom. The van der Waals surface area contributed by atoms with Crippen molar-refractivity contribution in [2.24, 2.45) is 0 Å². The fourth-order valence-corrected chi connectivity index (χ4v) is 2.48. The molecule has 1 heterocycles. The van der Waals surface area contributed by atoms with Crippen LogP contribution in [0.2, 0.25) is 0 Å². The van der Waals surface area contributed by atoms with Crippen LogP contribution in [0.15, 0.2) is 24.3 Å². The Balaban J connectivity index is 1.98. The number of aliphatic hydroxyl groups is 1. The average molecular weight is 234 g/mol. The van der Waals surface area contributed by atoms with Crippen molar-refractivity contribution in [1.29, 1.82) is 0 Å². The first-order valence-corrected chi connectivity index (χ1v) is 6.68. The fourth-order valence-electron chi connectivity index (χ4n) is 2.48. The van der Waals surface area contributed by atoms with E-state index in [1.54, 1.807) is 0 Å². The van der Waals surface area contributed by atoms with Crippen LogP contribution in [-0.2, 0) is 11.2 Å². The summed E-state index contributed by atoms with van der Waals surface area (Å²) < 4.78 is 5.80. The van der Waals surface area contributed by atoms with Gasteiger partial charge in [0.25, 0.3) is 0 Å². The van der Waals surface area contributed by atoms with Crippen molar-refractivity contribution in [3.63, 3.8) is 0 Å². The highest BCUT2D eigenvalue weighted by Crippen LogP contribution is 2.31. The van der Waals surface area contributed by atoms with E-state index in [4.69, 9.17) is 4.74 Å². The smallest absolute Gasteiger partial charge is 0.0852 e. The molecule has 1 aliphatic heterocycles. The number of ether oxygens (including phenoxy) is 1. The predicted molar refractivity (Wildman–Crippen MR) is 69.0 cm³/mol. The molecule has 2 atom stereocenters. The first kappa shape index (κ1) is 12.6. The van der Waals surface area contributed by atoms with Crippen LogP contribution in [0.4, 0.5) is 0 Å². The Bertz CT molecular complexity index is 349. The van der Waals surface area contributed by atoms with Crippen molar-refractivity contribution in [3.05, 3.63) is 35.4 Å². The van der Waals surface area contributed by atoms with E-state index in [2.05, 4.69) is 31.2 Å². The van der Waals surface area contributed by atoms with Crippen molar-refractivity contribution >= 4 is 0 Å². The number of rotatable bonds is 5. The van der Waals surface area contributed by atoms with Gasteiger partial charge >= 0.3 is 0 Å². The van der Waals surface area contributed by atoms with Crippen LogP contribution in [0.25, 0.3) is 0 Å². The molecule has 0 fully saturated rings. The van der Waals surface area contributed by atoms with Crippen LogP contribution in [0.1, 0.15) is 49.8 Å². The van der Waals surface area contributed by atoms with Crippen molar-refractivity contribution in [2.45, 2.75) is 51.2 Å². The summed E-state index contributed by atoms with van der Waals surface area (Å²) in [7, 11) is 0. The number of unbranched alkanes of at least 4 members (excludes halogenated alkanes) is 1. The monoisotopic (exact) mass is 234 g/mol. The van der Waals surface area contributed by atoms with E-state index in [1.807, 2.05) is 0 Å². The molecular formula is C15H22O2. The molecular weight excluding hydrogens is 212 g/mol. The molecule has 0 bridgehead atoms. The van der Waals surface area contributed by atoms with Gasteiger partial charge in [-0.15, -0.1) is 0 Å². The minimum absolute atomic E-state index is 0.0896. The van der Waals surface area contributed by atoms with Gasteiger partial charge in [0.2, 0.25) is 0 Å². The Hall–Kier alpha value is -0.860. The molecule has 0 saturated heterocycles. The standard InChI is InChI=1S/C15H22O2/c1-2-3-7-13(16)11-15-14-8-5-4-6-12(14)9-10-17-15/h4-6,8,13,15-16H,2-3,7,9-11H2,1H3. The van der Waals surface area contributed by atoms with E-state index >= 15 is 0 Å². The lowest BCUT2D eigenvalue weighted by Gasteiger charge is -2.27. The summed E-state index contributed by atoms with van der Waals surface area (Å²) in [5, 5.41) is 9.98. The number of benzene rings is 1. The maximum absolute atomic E-state index is 9.98. The van der Waals surface area contributed by atoms with Crippen LogP contribution in [0.5, 0.6) is 0 Å². The molecule has 2 heteroatoms. The second kappa shape index (κ2) is 6.18. The Morgan fingerprint density at radius 3 is 3.06 bits per heavy atom. The zero-order chi connectivity index (χ0) is 12.1. The van der Waals surface area contributed by atoms with Gasteiger partial charge in [-0.05, 0) is 24.0 Å². The first-order chi connectivity index (χ1) is 8.31. The lowest BCUT2D eigenvalue weighted by Crippen LogP contribution is -2.21. The van der Waals surface area contributed by atoms with E-state index < -0.39 is 0 Å². The molecule has 94 valence electrons. The number of hydrogen-bond donors (Lipinski definition) is 1. The third-order valence-electron chi connectivity index (χ3n) is 3.47. The second-order valence-electron chi connectivity index (χ2n) is 4.84.